The summed E-state index contributed by atoms with van der Waals surface area (Å²) in [5.74, 6) is -0.384. The average molecular weight is 331 g/mol. The van der Waals surface area contributed by atoms with E-state index in [2.05, 4.69) is 5.32 Å². The van der Waals surface area contributed by atoms with Crippen LogP contribution in [0.3, 0.4) is 0 Å². The maximum Gasteiger partial charge on any atom is 0.335 e. The van der Waals surface area contributed by atoms with Gasteiger partial charge in [0.15, 0.2) is 5.76 Å². The fraction of sp³-hybridized carbons (Fsp3) is 0.294. The molecule has 1 aromatic carbocycles. The van der Waals surface area contributed by atoms with E-state index in [1.165, 1.54) is 12.1 Å². The minimum atomic E-state index is -0.985. The number of fused-ring (bicyclic) bond motifs is 1. The molecule has 0 atom stereocenters. The van der Waals surface area contributed by atoms with Gasteiger partial charge in [0.25, 0.3) is 5.91 Å². The Hall–Kier alpha value is -2.80. The van der Waals surface area contributed by atoms with Crippen LogP contribution in [-0.2, 0) is 17.8 Å². The van der Waals surface area contributed by atoms with Gasteiger partial charge in [0.1, 0.15) is 12.4 Å². The highest BCUT2D eigenvalue weighted by atomic mass is 16.5. The maximum absolute atomic E-state index is 12.1. The second-order valence-electron chi connectivity index (χ2n) is 5.31. The number of carbonyl (C=O) groups is 2. The minimum Gasteiger partial charge on any atom is -0.492 e. The van der Waals surface area contributed by atoms with E-state index < -0.39 is 5.97 Å². The quantitative estimate of drug-likeness (QED) is 0.784. The Morgan fingerprint density at radius 1 is 1.25 bits per heavy atom. The van der Waals surface area contributed by atoms with Crippen LogP contribution >= 0.6 is 0 Å². The monoisotopic (exact) mass is 331 g/mol. The molecule has 0 saturated heterocycles. The molecule has 1 aliphatic heterocycles. The van der Waals surface area contributed by atoms with Gasteiger partial charge in [-0.25, -0.2) is 4.79 Å². The van der Waals surface area contributed by atoms with Gasteiger partial charge in [0, 0.05) is 17.5 Å². The number of carboxylic acids is 1. The van der Waals surface area contributed by atoms with E-state index in [4.69, 9.17) is 19.0 Å². The summed E-state index contributed by atoms with van der Waals surface area (Å²) in [6.45, 7) is 1.64. The lowest BCUT2D eigenvalue weighted by Crippen LogP contribution is -2.29. The fourth-order valence-electron chi connectivity index (χ4n) is 2.47. The normalized spacial score (nSPS) is 13.2. The first-order chi connectivity index (χ1) is 11.6. The van der Waals surface area contributed by atoms with Crippen molar-refractivity contribution in [2.75, 3.05) is 19.8 Å². The van der Waals surface area contributed by atoms with E-state index in [1.54, 1.807) is 18.4 Å². The van der Waals surface area contributed by atoms with Crippen molar-refractivity contribution in [2.45, 2.75) is 13.0 Å². The van der Waals surface area contributed by atoms with Crippen LogP contribution in [0.25, 0.3) is 0 Å². The molecule has 0 fully saturated rings. The highest BCUT2D eigenvalue weighted by molar-refractivity contribution is 5.93. The van der Waals surface area contributed by atoms with E-state index in [0.717, 1.165) is 11.1 Å². The molecular formula is C17H17NO6. The lowest BCUT2D eigenvalue weighted by atomic mass is 10.1. The topological polar surface area (TPSA) is 98.0 Å². The predicted octanol–water partition coefficient (Wildman–Crippen LogP) is 1.86. The number of carboxylic acid groups (broad SMARTS) is 1. The molecule has 1 aromatic heterocycles. The molecule has 0 saturated carbocycles. The molecule has 3 rings (SSSR count). The molecule has 1 amide bonds. The number of benzene rings is 1. The van der Waals surface area contributed by atoms with Gasteiger partial charge in [0.05, 0.1) is 31.6 Å². The zero-order chi connectivity index (χ0) is 16.9. The van der Waals surface area contributed by atoms with Gasteiger partial charge in [-0.1, -0.05) is 0 Å². The molecule has 0 bridgehead atoms. The molecule has 2 N–H and O–H groups in total. The molecule has 0 spiro atoms. The second-order valence-corrected chi connectivity index (χ2v) is 5.31. The van der Waals surface area contributed by atoms with Gasteiger partial charge in [-0.05, 0) is 24.3 Å². The summed E-state index contributed by atoms with van der Waals surface area (Å²) in [6, 6.07) is 6.09. The third kappa shape index (κ3) is 3.57. The summed E-state index contributed by atoms with van der Waals surface area (Å²) >= 11 is 0. The molecular weight excluding hydrogens is 314 g/mol. The van der Waals surface area contributed by atoms with Crippen molar-refractivity contribution in [3.63, 3.8) is 0 Å². The Morgan fingerprint density at radius 2 is 2.04 bits per heavy atom. The van der Waals surface area contributed by atoms with Crippen LogP contribution in [0.15, 0.2) is 34.9 Å². The standard InChI is InChI=1S/C17H17NO6/c19-16(15-14-5-7-22-9-12(14)10-24-15)18-6-8-23-13-3-1-11(2-4-13)17(20)21/h1-4,10H,5-9H2,(H,18,19)(H,20,21). The number of aromatic carboxylic acids is 1. The van der Waals surface area contributed by atoms with Gasteiger partial charge in [0.2, 0.25) is 0 Å². The Morgan fingerprint density at radius 3 is 2.79 bits per heavy atom. The summed E-state index contributed by atoms with van der Waals surface area (Å²) in [4.78, 5) is 22.9. The molecule has 24 heavy (non-hydrogen) atoms. The molecule has 126 valence electrons. The van der Waals surface area contributed by atoms with Crippen LogP contribution in [0, 0.1) is 0 Å². The van der Waals surface area contributed by atoms with Crippen molar-refractivity contribution in [1.29, 1.82) is 0 Å². The van der Waals surface area contributed by atoms with E-state index in [-0.39, 0.29) is 18.1 Å². The molecule has 0 unspecified atom stereocenters. The number of carbonyl (C=O) groups excluding carboxylic acids is 1. The molecule has 0 radical (unpaired) electrons. The van der Waals surface area contributed by atoms with E-state index in [0.29, 0.717) is 37.7 Å². The third-order valence-electron chi connectivity index (χ3n) is 3.70. The Bertz CT molecular complexity index is 734. The summed E-state index contributed by atoms with van der Waals surface area (Å²) in [7, 11) is 0. The second kappa shape index (κ2) is 7.18. The summed E-state index contributed by atoms with van der Waals surface area (Å²) in [5, 5.41) is 11.6. The minimum absolute atomic E-state index is 0.197. The van der Waals surface area contributed by atoms with Crippen molar-refractivity contribution in [3.05, 3.63) is 53.0 Å². The van der Waals surface area contributed by atoms with Crippen molar-refractivity contribution < 1.29 is 28.6 Å². The summed E-state index contributed by atoms with van der Waals surface area (Å²) in [5.41, 5.74) is 2.02. The third-order valence-corrected chi connectivity index (χ3v) is 3.70. The molecule has 7 heteroatoms. The highest BCUT2D eigenvalue weighted by Gasteiger charge is 2.22. The lowest BCUT2D eigenvalue weighted by molar-refractivity contribution is 0.0696. The van der Waals surface area contributed by atoms with Crippen LogP contribution in [-0.4, -0.2) is 36.7 Å². The zero-order valence-electron chi connectivity index (χ0n) is 12.9. The molecule has 7 nitrogen and oxygen atoms in total. The van der Waals surface area contributed by atoms with Gasteiger partial charge >= 0.3 is 5.97 Å². The fourth-order valence-corrected chi connectivity index (χ4v) is 2.47. The van der Waals surface area contributed by atoms with Crippen LogP contribution in [0.1, 0.15) is 32.0 Å². The number of furan rings is 1. The van der Waals surface area contributed by atoms with E-state index >= 15 is 0 Å². The highest BCUT2D eigenvalue weighted by Crippen LogP contribution is 2.22. The molecule has 1 aliphatic rings. The van der Waals surface area contributed by atoms with Gasteiger partial charge in [-0.3, -0.25) is 4.79 Å². The van der Waals surface area contributed by atoms with Crippen LogP contribution < -0.4 is 10.1 Å². The number of hydrogen-bond acceptors (Lipinski definition) is 5. The van der Waals surface area contributed by atoms with Crippen LogP contribution in [0.4, 0.5) is 0 Å². The smallest absolute Gasteiger partial charge is 0.335 e. The summed E-state index contributed by atoms with van der Waals surface area (Å²) < 4.78 is 16.1. The zero-order valence-corrected chi connectivity index (χ0v) is 12.9. The largest absolute Gasteiger partial charge is 0.492 e. The van der Waals surface area contributed by atoms with Crippen LogP contribution in [0.2, 0.25) is 0 Å². The number of ether oxygens (including phenoxy) is 2. The lowest BCUT2D eigenvalue weighted by Gasteiger charge is -2.12. The van der Waals surface area contributed by atoms with E-state index in [9.17, 15) is 9.59 Å². The average Bonchev–Trinajstić information content (AvgIpc) is 3.03. The number of hydrogen-bond donors (Lipinski definition) is 2. The SMILES string of the molecule is O=C(O)c1ccc(OCCNC(=O)c2occ3c2CCOC3)cc1. The van der Waals surface area contributed by atoms with Gasteiger partial charge in [-0.2, -0.15) is 0 Å². The molecule has 2 aromatic rings. The molecule has 2 heterocycles. The summed E-state index contributed by atoms with van der Waals surface area (Å²) in [6.07, 6.45) is 2.23. The van der Waals surface area contributed by atoms with Crippen molar-refractivity contribution in [1.82, 2.24) is 5.32 Å². The Labute approximate surface area is 138 Å². The Balaban J connectivity index is 1.47. The first-order valence-corrected chi connectivity index (χ1v) is 7.56. The number of nitrogens with one attached hydrogen (secondary N) is 1. The first-order valence-electron chi connectivity index (χ1n) is 7.56. The first kappa shape index (κ1) is 16.1. The Kier molecular flexibility index (Phi) is 4.81. The van der Waals surface area contributed by atoms with Crippen molar-refractivity contribution in [3.8, 4) is 5.75 Å². The number of rotatable bonds is 6. The van der Waals surface area contributed by atoms with Gasteiger partial charge < -0.3 is 24.3 Å². The number of amides is 1. The maximum atomic E-state index is 12.1. The predicted molar refractivity (Wildman–Crippen MR) is 83.3 cm³/mol. The van der Waals surface area contributed by atoms with Crippen LogP contribution in [0.5, 0.6) is 5.75 Å². The van der Waals surface area contributed by atoms with Gasteiger partial charge in [-0.15, -0.1) is 0 Å². The van der Waals surface area contributed by atoms with E-state index in [1.807, 2.05) is 0 Å². The molecule has 0 aliphatic carbocycles. The van der Waals surface area contributed by atoms with Crippen molar-refractivity contribution >= 4 is 11.9 Å². The van der Waals surface area contributed by atoms with Crippen molar-refractivity contribution in [2.24, 2.45) is 0 Å².